The Labute approximate surface area is 83.9 Å². The van der Waals surface area contributed by atoms with Crippen LogP contribution in [0.5, 0.6) is 0 Å². The van der Waals surface area contributed by atoms with Gasteiger partial charge >= 0.3 is 0 Å². The lowest BCUT2D eigenvalue weighted by atomic mass is 10.6. The maximum atomic E-state index is 11.1. The second-order valence-electron chi connectivity index (χ2n) is 2.13. The van der Waals surface area contributed by atoms with Crippen LogP contribution in [0.25, 0.3) is 0 Å². The summed E-state index contributed by atoms with van der Waals surface area (Å²) in [6, 6.07) is 0. The van der Waals surface area contributed by atoms with Gasteiger partial charge in [-0.15, -0.1) is 0 Å². The maximum absolute atomic E-state index is 11.1. The molecule has 80 valence electrons. The summed E-state index contributed by atoms with van der Waals surface area (Å²) in [7, 11) is 1.37. The van der Waals surface area contributed by atoms with E-state index in [1.807, 2.05) is 6.92 Å². The second-order valence-corrected chi connectivity index (χ2v) is 4.45. The van der Waals surface area contributed by atoms with Gasteiger partial charge in [0, 0.05) is 19.3 Å². The van der Waals surface area contributed by atoms with Crippen molar-refractivity contribution in [3.8, 4) is 0 Å². The monoisotopic (exact) mass is 229 g/mol. The van der Waals surface area contributed by atoms with Gasteiger partial charge in [0.15, 0.2) is 11.1 Å². The van der Waals surface area contributed by atoms with Gasteiger partial charge in [0.1, 0.15) is 0 Å². The third-order valence-corrected chi connectivity index (χ3v) is 2.94. The van der Waals surface area contributed by atoms with E-state index in [4.69, 9.17) is 4.18 Å². The van der Waals surface area contributed by atoms with Crippen molar-refractivity contribution < 1.29 is 16.8 Å². The molecule has 0 bridgehead atoms. The van der Waals surface area contributed by atoms with Crippen LogP contribution in [0.4, 0.5) is 0 Å². The highest BCUT2D eigenvalue weighted by molar-refractivity contribution is 7.79. The van der Waals surface area contributed by atoms with Gasteiger partial charge in [-0.3, -0.25) is 8.37 Å². The summed E-state index contributed by atoms with van der Waals surface area (Å²) in [5.74, 6) is 0. The van der Waals surface area contributed by atoms with E-state index in [9.17, 15) is 8.42 Å². The van der Waals surface area contributed by atoms with E-state index in [0.717, 1.165) is 0 Å². The van der Waals surface area contributed by atoms with Crippen LogP contribution in [0, 0.1) is 0 Å². The smallest absolute Gasteiger partial charge is 0.236 e. The summed E-state index contributed by atoms with van der Waals surface area (Å²) < 4.78 is 32.6. The minimum atomic E-state index is -1.43. The maximum Gasteiger partial charge on any atom is 0.236 e. The second kappa shape index (κ2) is 7.57. The predicted octanol–water partition coefficient (Wildman–Crippen LogP) is -0.157. The van der Waals surface area contributed by atoms with Gasteiger partial charge in [-0.2, -0.15) is 4.31 Å². The zero-order chi connectivity index (χ0) is 10.3. The normalized spacial score (nSPS) is 16.0. The highest BCUT2D eigenvalue weighted by Gasteiger charge is 2.09. The fourth-order valence-corrected chi connectivity index (χ4v) is 1.65. The highest BCUT2D eigenvalue weighted by atomic mass is 32.2. The largest absolute Gasteiger partial charge is 0.289 e. The molecule has 0 saturated heterocycles. The Morgan fingerprint density at radius 1 is 1.38 bits per heavy atom. The van der Waals surface area contributed by atoms with Gasteiger partial charge in [-0.25, -0.2) is 8.42 Å². The number of hydrogen-bond acceptors (Lipinski definition) is 4. The lowest BCUT2D eigenvalue weighted by Crippen LogP contribution is -2.30. The van der Waals surface area contributed by atoms with Gasteiger partial charge in [-0.1, -0.05) is 6.92 Å². The average molecular weight is 229 g/mol. The van der Waals surface area contributed by atoms with Crippen molar-refractivity contribution in [2.24, 2.45) is 0 Å². The number of likely N-dealkylation sites (N-methyl/N-ethyl adjacent to an activating group) is 1. The van der Waals surface area contributed by atoms with Crippen LogP contribution < -0.4 is 0 Å². The van der Waals surface area contributed by atoms with Crippen molar-refractivity contribution in [1.82, 2.24) is 4.31 Å². The third-order valence-electron chi connectivity index (χ3n) is 1.30. The molecule has 7 heteroatoms. The molecule has 0 heterocycles. The highest BCUT2D eigenvalue weighted by Crippen LogP contribution is 1.95. The zero-order valence-corrected chi connectivity index (χ0v) is 9.65. The molecule has 0 aliphatic heterocycles. The lowest BCUT2D eigenvalue weighted by Gasteiger charge is -2.16. The molecule has 0 aliphatic rings. The topological polar surface area (TPSA) is 55.8 Å². The number of rotatable bonds is 7. The fraction of sp³-hybridized carbons (Fsp3) is 1.00. The van der Waals surface area contributed by atoms with Crippen LogP contribution in [0.2, 0.25) is 0 Å². The Kier molecular flexibility index (Phi) is 7.68. The Balaban J connectivity index is 3.72. The van der Waals surface area contributed by atoms with Crippen LogP contribution in [0.3, 0.4) is 0 Å². The van der Waals surface area contributed by atoms with Crippen molar-refractivity contribution in [2.45, 2.75) is 6.92 Å². The van der Waals surface area contributed by atoms with Crippen molar-refractivity contribution in [3.63, 3.8) is 0 Å². The zero-order valence-electron chi connectivity index (χ0n) is 8.02. The molecule has 13 heavy (non-hydrogen) atoms. The van der Waals surface area contributed by atoms with Crippen molar-refractivity contribution in [3.05, 3.63) is 0 Å². The van der Waals surface area contributed by atoms with E-state index in [0.29, 0.717) is 13.1 Å². The summed E-state index contributed by atoms with van der Waals surface area (Å²) in [4.78, 5) is 0. The Morgan fingerprint density at radius 3 is 2.38 bits per heavy atom. The fourth-order valence-electron chi connectivity index (χ4n) is 0.700. The van der Waals surface area contributed by atoms with E-state index in [1.54, 1.807) is 4.31 Å². The summed E-state index contributed by atoms with van der Waals surface area (Å²) in [6.45, 7) is 3.18. The van der Waals surface area contributed by atoms with E-state index < -0.39 is 22.3 Å². The number of nitrogens with zero attached hydrogens (tertiary/aromatic N) is 1. The van der Waals surface area contributed by atoms with Crippen LogP contribution in [0.1, 0.15) is 6.92 Å². The van der Waals surface area contributed by atoms with Crippen LogP contribution in [-0.2, 0) is 30.7 Å². The molecule has 0 aromatic carbocycles. The van der Waals surface area contributed by atoms with Gasteiger partial charge < -0.3 is 0 Å². The van der Waals surface area contributed by atoms with E-state index in [2.05, 4.69) is 4.18 Å². The van der Waals surface area contributed by atoms with Crippen LogP contribution in [0.15, 0.2) is 0 Å². The molecule has 0 aliphatic carbocycles. The molecule has 0 radical (unpaired) electrons. The predicted molar refractivity (Wildman–Crippen MR) is 52.4 cm³/mol. The number of hydrogen-bond donors (Lipinski definition) is 0. The van der Waals surface area contributed by atoms with Crippen molar-refractivity contribution >= 4 is 22.3 Å². The summed E-state index contributed by atoms with van der Waals surface area (Å²) in [5.41, 5.74) is 0. The van der Waals surface area contributed by atoms with Crippen LogP contribution >= 0.6 is 0 Å². The average Bonchev–Trinajstić information content (AvgIpc) is 2.11. The first-order chi connectivity index (χ1) is 6.11. The first kappa shape index (κ1) is 13.2. The Morgan fingerprint density at radius 2 is 2.00 bits per heavy atom. The van der Waals surface area contributed by atoms with Gasteiger partial charge in [0.25, 0.3) is 0 Å². The first-order valence-electron chi connectivity index (χ1n) is 3.79. The standard InChI is InChI=1S/C6H15NO4S2/c1-4-7(13(9)10-2)5-6-11-12(3)8/h4-6H2,1-3H3. The molecule has 0 fully saturated rings. The summed E-state index contributed by atoms with van der Waals surface area (Å²) in [5, 5.41) is 0. The molecule has 0 spiro atoms. The molecule has 0 N–H and O–H groups in total. The molecule has 2 unspecified atom stereocenters. The molecule has 0 aromatic rings. The molecule has 0 aromatic heterocycles. The molecule has 5 nitrogen and oxygen atoms in total. The van der Waals surface area contributed by atoms with Crippen LogP contribution in [-0.4, -0.2) is 45.8 Å². The quantitative estimate of drug-likeness (QED) is 0.609. The summed E-state index contributed by atoms with van der Waals surface area (Å²) in [6.07, 6.45) is 1.45. The minimum Gasteiger partial charge on any atom is -0.289 e. The Hall–Kier alpha value is 0.180. The van der Waals surface area contributed by atoms with E-state index >= 15 is 0 Å². The summed E-state index contributed by atoms with van der Waals surface area (Å²) >= 11 is -2.69. The van der Waals surface area contributed by atoms with Crippen molar-refractivity contribution in [1.29, 1.82) is 0 Å². The molecule has 0 amide bonds. The SMILES string of the molecule is CCN(CCOS(C)=O)S(=O)OC. The Bertz CT molecular complexity index is 187. The lowest BCUT2D eigenvalue weighted by molar-refractivity contribution is 0.288. The third kappa shape index (κ3) is 6.28. The van der Waals surface area contributed by atoms with E-state index in [-0.39, 0.29) is 6.61 Å². The molecule has 2 atom stereocenters. The first-order valence-corrected chi connectivity index (χ1v) is 6.31. The van der Waals surface area contributed by atoms with Gasteiger partial charge in [0.2, 0.25) is 11.3 Å². The molecule has 0 rings (SSSR count). The minimum absolute atomic E-state index is 0.284. The van der Waals surface area contributed by atoms with Gasteiger partial charge in [-0.05, 0) is 0 Å². The molecular formula is C6H15NO4S2. The van der Waals surface area contributed by atoms with E-state index in [1.165, 1.54) is 13.4 Å². The van der Waals surface area contributed by atoms with Crippen molar-refractivity contribution in [2.75, 3.05) is 33.1 Å². The molecular weight excluding hydrogens is 214 g/mol. The molecule has 0 saturated carbocycles. The van der Waals surface area contributed by atoms with Gasteiger partial charge in [0.05, 0.1) is 13.7 Å².